The lowest BCUT2D eigenvalue weighted by Crippen LogP contribution is -2.39. The summed E-state index contributed by atoms with van der Waals surface area (Å²) in [4.78, 5) is 6.82. The summed E-state index contributed by atoms with van der Waals surface area (Å²) < 4.78 is 5.79. The number of hydrogen-bond donors (Lipinski definition) is 1. The summed E-state index contributed by atoms with van der Waals surface area (Å²) in [6.07, 6.45) is 6.44. The number of hydrogen-bond acceptors (Lipinski definition) is 4. The van der Waals surface area contributed by atoms with E-state index in [0.717, 1.165) is 37.9 Å². The Hall–Kier alpha value is -1.29. The van der Waals surface area contributed by atoms with Crippen LogP contribution in [0.15, 0.2) is 18.5 Å². The first kappa shape index (κ1) is 13.7. The van der Waals surface area contributed by atoms with Crippen molar-refractivity contribution in [2.45, 2.75) is 32.7 Å². The van der Waals surface area contributed by atoms with Gasteiger partial charge in [0.1, 0.15) is 5.75 Å². The van der Waals surface area contributed by atoms with Crippen molar-refractivity contribution in [3.8, 4) is 5.75 Å². The van der Waals surface area contributed by atoms with E-state index in [-0.39, 0.29) is 0 Å². The topological polar surface area (TPSA) is 37.4 Å². The highest BCUT2D eigenvalue weighted by molar-refractivity contribution is 5.48. The predicted octanol–water partition coefficient (Wildman–Crippen LogP) is 2.30. The smallest absolute Gasteiger partial charge is 0.139 e. The Bertz CT molecular complexity index is 427. The molecule has 3 aliphatic heterocycles. The molecule has 20 heavy (non-hydrogen) atoms. The van der Waals surface area contributed by atoms with Gasteiger partial charge < -0.3 is 15.0 Å². The van der Waals surface area contributed by atoms with Crippen LogP contribution in [0.5, 0.6) is 5.75 Å². The van der Waals surface area contributed by atoms with Crippen LogP contribution in [0.4, 0.5) is 5.69 Å². The Morgan fingerprint density at radius 1 is 1.35 bits per heavy atom. The van der Waals surface area contributed by atoms with Crippen LogP contribution >= 0.6 is 0 Å². The molecule has 3 aliphatic rings. The molecular weight excluding hydrogens is 250 g/mol. The van der Waals surface area contributed by atoms with Crippen molar-refractivity contribution in [1.29, 1.82) is 0 Å². The Labute approximate surface area is 121 Å². The Morgan fingerprint density at radius 2 is 2.25 bits per heavy atom. The van der Waals surface area contributed by atoms with Gasteiger partial charge in [-0.05, 0) is 31.2 Å². The Kier molecular flexibility index (Phi) is 4.10. The first-order chi connectivity index (χ1) is 9.70. The molecule has 2 bridgehead atoms. The zero-order valence-corrected chi connectivity index (χ0v) is 12.5. The van der Waals surface area contributed by atoms with Gasteiger partial charge in [-0.15, -0.1) is 0 Å². The molecule has 0 aliphatic carbocycles. The van der Waals surface area contributed by atoms with E-state index < -0.39 is 0 Å². The molecule has 4 heteroatoms. The van der Waals surface area contributed by atoms with Gasteiger partial charge in [0.05, 0.1) is 24.7 Å². The van der Waals surface area contributed by atoms with Crippen LogP contribution in [0.1, 0.15) is 26.7 Å². The monoisotopic (exact) mass is 275 g/mol. The fourth-order valence-corrected chi connectivity index (χ4v) is 3.07. The first-order valence-corrected chi connectivity index (χ1v) is 7.77. The first-order valence-electron chi connectivity index (χ1n) is 7.77. The number of ether oxygens (including phenoxy) is 1. The molecule has 1 aromatic rings. The standard InChI is InChI=1S/C16H25N3O/c1-12(2)11-20-16-5-15(7-17-8-16)19-9-13-3-4-14(10-19)18-6-13/h5,7-8,12-14,18H,3-4,6,9-11H2,1-2H3. The van der Waals surface area contributed by atoms with Gasteiger partial charge in [-0.25, -0.2) is 0 Å². The van der Waals surface area contributed by atoms with E-state index in [1.54, 1.807) is 0 Å². The van der Waals surface area contributed by atoms with Crippen LogP contribution in [0.2, 0.25) is 0 Å². The fourth-order valence-electron chi connectivity index (χ4n) is 3.07. The van der Waals surface area contributed by atoms with Crippen LogP contribution in [0.25, 0.3) is 0 Å². The number of aromatic nitrogens is 1. The number of anilines is 1. The molecule has 2 unspecified atom stereocenters. The quantitative estimate of drug-likeness (QED) is 0.915. The molecule has 4 nitrogen and oxygen atoms in total. The highest BCUT2D eigenvalue weighted by Crippen LogP contribution is 2.27. The molecule has 1 N–H and O–H groups in total. The summed E-state index contributed by atoms with van der Waals surface area (Å²) in [5.74, 6) is 2.20. The molecular formula is C16H25N3O. The van der Waals surface area contributed by atoms with Gasteiger partial charge in [0.15, 0.2) is 0 Å². The van der Waals surface area contributed by atoms with Crippen LogP contribution in [0.3, 0.4) is 0 Å². The number of pyridine rings is 1. The summed E-state index contributed by atoms with van der Waals surface area (Å²) in [5, 5.41) is 3.64. The zero-order valence-electron chi connectivity index (χ0n) is 12.5. The van der Waals surface area contributed by atoms with E-state index in [1.165, 1.54) is 18.5 Å². The predicted molar refractivity (Wildman–Crippen MR) is 81.3 cm³/mol. The molecule has 1 aromatic heterocycles. The number of rotatable bonds is 4. The van der Waals surface area contributed by atoms with Crippen LogP contribution in [0, 0.1) is 11.8 Å². The SMILES string of the molecule is CC(C)COc1cncc(N2CC3CCC(C2)NC3)c1. The maximum atomic E-state index is 5.79. The summed E-state index contributed by atoms with van der Waals surface area (Å²) >= 11 is 0. The molecule has 0 saturated carbocycles. The molecule has 0 radical (unpaired) electrons. The van der Waals surface area contributed by atoms with E-state index in [9.17, 15) is 0 Å². The van der Waals surface area contributed by atoms with Gasteiger partial charge >= 0.3 is 0 Å². The molecule has 110 valence electrons. The van der Waals surface area contributed by atoms with E-state index in [2.05, 4.69) is 35.1 Å². The van der Waals surface area contributed by atoms with Gasteiger partial charge in [0.2, 0.25) is 0 Å². The van der Waals surface area contributed by atoms with Crippen LogP contribution in [-0.4, -0.2) is 37.3 Å². The third-order valence-electron chi connectivity index (χ3n) is 4.19. The van der Waals surface area contributed by atoms with Crippen molar-refractivity contribution in [3.63, 3.8) is 0 Å². The van der Waals surface area contributed by atoms with Gasteiger partial charge in [0, 0.05) is 25.2 Å². The van der Waals surface area contributed by atoms with E-state index >= 15 is 0 Å². The third kappa shape index (κ3) is 3.23. The van der Waals surface area contributed by atoms with Gasteiger partial charge in [-0.1, -0.05) is 13.8 Å². The van der Waals surface area contributed by atoms with E-state index in [0.29, 0.717) is 12.0 Å². The molecule has 4 heterocycles. The number of nitrogens with zero attached hydrogens (tertiary/aromatic N) is 2. The number of fused-ring (bicyclic) bond motifs is 4. The molecule has 3 saturated heterocycles. The van der Waals surface area contributed by atoms with Crippen molar-refractivity contribution in [2.24, 2.45) is 11.8 Å². The second kappa shape index (κ2) is 6.00. The Balaban J connectivity index is 1.71. The summed E-state index contributed by atoms with van der Waals surface area (Å²) in [5.41, 5.74) is 1.20. The lowest BCUT2D eigenvalue weighted by atomic mass is 9.97. The van der Waals surface area contributed by atoms with E-state index in [4.69, 9.17) is 4.74 Å². The zero-order chi connectivity index (χ0) is 13.9. The molecule has 0 spiro atoms. The van der Waals surface area contributed by atoms with Crippen molar-refractivity contribution >= 4 is 5.69 Å². The molecule has 0 amide bonds. The summed E-state index contributed by atoms with van der Waals surface area (Å²) in [7, 11) is 0. The van der Waals surface area contributed by atoms with Crippen molar-refractivity contribution < 1.29 is 4.74 Å². The highest BCUT2D eigenvalue weighted by Gasteiger charge is 2.29. The summed E-state index contributed by atoms with van der Waals surface area (Å²) in [6.45, 7) is 8.46. The normalized spacial score (nSPS) is 25.9. The second-order valence-electron chi connectivity index (χ2n) is 6.54. The maximum absolute atomic E-state index is 5.79. The highest BCUT2D eigenvalue weighted by atomic mass is 16.5. The average molecular weight is 275 g/mol. The number of piperidine rings is 1. The van der Waals surface area contributed by atoms with Crippen LogP contribution < -0.4 is 15.0 Å². The maximum Gasteiger partial charge on any atom is 0.139 e. The molecule has 2 atom stereocenters. The second-order valence-corrected chi connectivity index (χ2v) is 6.54. The summed E-state index contributed by atoms with van der Waals surface area (Å²) in [6, 6.07) is 2.77. The minimum atomic E-state index is 0.539. The van der Waals surface area contributed by atoms with Crippen molar-refractivity contribution in [3.05, 3.63) is 18.5 Å². The van der Waals surface area contributed by atoms with Crippen LogP contribution in [-0.2, 0) is 0 Å². The lowest BCUT2D eigenvalue weighted by Gasteiger charge is -2.24. The third-order valence-corrected chi connectivity index (χ3v) is 4.19. The fraction of sp³-hybridized carbons (Fsp3) is 0.688. The minimum absolute atomic E-state index is 0.539. The van der Waals surface area contributed by atoms with Gasteiger partial charge in [-0.2, -0.15) is 0 Å². The molecule has 3 fully saturated rings. The van der Waals surface area contributed by atoms with Gasteiger partial charge in [-0.3, -0.25) is 4.98 Å². The lowest BCUT2D eigenvalue weighted by molar-refractivity contribution is 0.270. The van der Waals surface area contributed by atoms with Crippen molar-refractivity contribution in [1.82, 2.24) is 10.3 Å². The average Bonchev–Trinajstić information content (AvgIpc) is 2.79. The largest absolute Gasteiger partial charge is 0.492 e. The van der Waals surface area contributed by atoms with Gasteiger partial charge in [0.25, 0.3) is 0 Å². The van der Waals surface area contributed by atoms with E-state index in [1.807, 2.05) is 12.4 Å². The minimum Gasteiger partial charge on any atom is -0.492 e. The molecule has 4 rings (SSSR count). The van der Waals surface area contributed by atoms with Crippen molar-refractivity contribution in [2.75, 3.05) is 31.1 Å². The molecule has 0 aromatic carbocycles. The Morgan fingerprint density at radius 3 is 3.00 bits per heavy atom. The number of nitrogens with one attached hydrogen (secondary N) is 1.